The Balaban J connectivity index is 1.52. The van der Waals surface area contributed by atoms with Gasteiger partial charge in [0.15, 0.2) is 5.82 Å². The molecule has 0 amide bonds. The number of nitrogens with zero attached hydrogens (tertiary/aromatic N) is 2. The van der Waals surface area contributed by atoms with Crippen molar-refractivity contribution in [2.75, 3.05) is 24.1 Å². The average Bonchev–Trinajstić information content (AvgIpc) is 3.16. The predicted octanol–water partition coefficient (Wildman–Crippen LogP) is 3.29. The van der Waals surface area contributed by atoms with Crippen LogP contribution in [0, 0.1) is 0 Å². The third-order valence-corrected chi connectivity index (χ3v) is 4.25. The number of para-hydroxylation sites is 1. The number of aromatic nitrogens is 2. The fraction of sp³-hybridized carbons (Fsp3) is 0.200. The summed E-state index contributed by atoms with van der Waals surface area (Å²) in [5, 5.41) is 6.75. The van der Waals surface area contributed by atoms with Gasteiger partial charge >= 0.3 is 0 Å². The Labute approximate surface area is 152 Å². The van der Waals surface area contributed by atoms with Gasteiger partial charge in [-0.15, -0.1) is 0 Å². The third-order valence-electron chi connectivity index (χ3n) is 4.25. The molecule has 2 aromatic carbocycles. The number of ether oxygens (including phenoxy) is 1. The second kappa shape index (κ2) is 7.41. The summed E-state index contributed by atoms with van der Waals surface area (Å²) in [6, 6.07) is 19.5. The van der Waals surface area contributed by atoms with Crippen molar-refractivity contribution < 1.29 is 4.74 Å². The molecule has 1 unspecified atom stereocenters. The highest BCUT2D eigenvalue weighted by atomic mass is 16.5. The molecule has 1 aliphatic heterocycles. The number of benzene rings is 2. The van der Waals surface area contributed by atoms with Crippen LogP contribution in [-0.2, 0) is 0 Å². The molecule has 3 aromatic rings. The second-order valence-corrected chi connectivity index (χ2v) is 6.28. The van der Waals surface area contributed by atoms with E-state index in [4.69, 9.17) is 10.5 Å². The molecule has 0 saturated carbocycles. The predicted molar refractivity (Wildman–Crippen MR) is 103 cm³/mol. The zero-order chi connectivity index (χ0) is 17.8. The molecule has 1 fully saturated rings. The Morgan fingerprint density at radius 3 is 2.50 bits per heavy atom. The van der Waals surface area contributed by atoms with E-state index in [9.17, 15) is 0 Å². The first-order valence-electron chi connectivity index (χ1n) is 8.71. The smallest absolute Gasteiger partial charge is 0.163 e. The lowest BCUT2D eigenvalue weighted by Gasteiger charge is -2.13. The van der Waals surface area contributed by atoms with E-state index in [0.29, 0.717) is 17.7 Å². The summed E-state index contributed by atoms with van der Waals surface area (Å²) >= 11 is 0. The van der Waals surface area contributed by atoms with Crippen molar-refractivity contribution >= 4 is 11.6 Å². The number of nitrogens with two attached hydrogens (primary N) is 1. The van der Waals surface area contributed by atoms with E-state index < -0.39 is 0 Å². The molecule has 132 valence electrons. The van der Waals surface area contributed by atoms with Gasteiger partial charge in [-0.3, -0.25) is 0 Å². The van der Waals surface area contributed by atoms with Gasteiger partial charge in [0.2, 0.25) is 0 Å². The molecule has 0 bridgehead atoms. The van der Waals surface area contributed by atoms with Crippen molar-refractivity contribution in [3.8, 4) is 22.9 Å². The molecule has 4 N–H and O–H groups in total. The van der Waals surface area contributed by atoms with Crippen molar-refractivity contribution in [3.05, 3.63) is 60.7 Å². The van der Waals surface area contributed by atoms with E-state index >= 15 is 0 Å². The molecule has 6 nitrogen and oxygen atoms in total. The normalized spacial score (nSPS) is 16.4. The molecule has 0 aliphatic carbocycles. The Hall–Kier alpha value is -3.12. The van der Waals surface area contributed by atoms with Crippen LogP contribution in [0.5, 0.6) is 11.5 Å². The Kier molecular flexibility index (Phi) is 4.66. The highest BCUT2D eigenvalue weighted by Crippen LogP contribution is 2.25. The second-order valence-electron chi connectivity index (χ2n) is 6.28. The Morgan fingerprint density at radius 1 is 1.00 bits per heavy atom. The van der Waals surface area contributed by atoms with Crippen LogP contribution in [0.25, 0.3) is 11.4 Å². The van der Waals surface area contributed by atoms with Gasteiger partial charge in [-0.25, -0.2) is 9.97 Å². The van der Waals surface area contributed by atoms with Crippen LogP contribution < -0.4 is 21.1 Å². The van der Waals surface area contributed by atoms with Crippen molar-refractivity contribution in [2.24, 2.45) is 0 Å². The molecular weight excluding hydrogens is 326 g/mol. The first kappa shape index (κ1) is 16.4. The quantitative estimate of drug-likeness (QED) is 0.657. The third kappa shape index (κ3) is 3.92. The maximum atomic E-state index is 5.97. The zero-order valence-electron chi connectivity index (χ0n) is 14.4. The number of rotatable bonds is 5. The standard InChI is InChI=1S/C20H21N5O/c21-18-12-19(23-15-10-11-22-13-15)25-20(24-18)14-6-8-17(9-7-14)26-16-4-2-1-3-5-16/h1-9,12,15,22H,10-11,13H2,(H3,21,23,24,25). The first-order chi connectivity index (χ1) is 12.8. The van der Waals surface area contributed by atoms with Gasteiger partial charge < -0.3 is 21.1 Å². The van der Waals surface area contributed by atoms with Crippen LogP contribution in [-0.4, -0.2) is 29.1 Å². The van der Waals surface area contributed by atoms with E-state index in [1.165, 1.54) is 0 Å². The van der Waals surface area contributed by atoms with Crippen LogP contribution in [0.4, 0.5) is 11.6 Å². The number of hydrogen-bond acceptors (Lipinski definition) is 6. The summed E-state index contributed by atoms with van der Waals surface area (Å²) in [4.78, 5) is 8.97. The SMILES string of the molecule is Nc1cc(NC2CCNC2)nc(-c2ccc(Oc3ccccc3)cc2)n1. The van der Waals surface area contributed by atoms with E-state index in [2.05, 4.69) is 20.6 Å². The molecular formula is C20H21N5O. The largest absolute Gasteiger partial charge is 0.457 e. The van der Waals surface area contributed by atoms with E-state index in [1.54, 1.807) is 6.07 Å². The monoisotopic (exact) mass is 347 g/mol. The molecule has 2 heterocycles. The topological polar surface area (TPSA) is 85.1 Å². The molecule has 1 saturated heterocycles. The van der Waals surface area contributed by atoms with Crippen LogP contribution in [0.2, 0.25) is 0 Å². The number of anilines is 2. The summed E-state index contributed by atoms with van der Waals surface area (Å²) in [7, 11) is 0. The van der Waals surface area contributed by atoms with Gasteiger partial charge in [-0.2, -0.15) is 0 Å². The lowest BCUT2D eigenvalue weighted by Crippen LogP contribution is -2.23. The maximum absolute atomic E-state index is 5.97. The van der Waals surface area contributed by atoms with Crippen LogP contribution in [0.3, 0.4) is 0 Å². The van der Waals surface area contributed by atoms with Crippen molar-refractivity contribution in [3.63, 3.8) is 0 Å². The minimum absolute atomic E-state index is 0.374. The lowest BCUT2D eigenvalue weighted by molar-refractivity contribution is 0.483. The van der Waals surface area contributed by atoms with Gasteiger partial charge in [-0.1, -0.05) is 18.2 Å². The lowest BCUT2D eigenvalue weighted by atomic mass is 10.2. The fourth-order valence-electron chi connectivity index (χ4n) is 2.95. The first-order valence-corrected chi connectivity index (χ1v) is 8.71. The highest BCUT2D eigenvalue weighted by molar-refractivity contribution is 5.61. The zero-order valence-corrected chi connectivity index (χ0v) is 14.4. The van der Waals surface area contributed by atoms with Gasteiger partial charge in [0.25, 0.3) is 0 Å². The van der Waals surface area contributed by atoms with Gasteiger partial charge in [0, 0.05) is 24.2 Å². The van der Waals surface area contributed by atoms with Crippen molar-refractivity contribution in [1.82, 2.24) is 15.3 Å². The van der Waals surface area contributed by atoms with Crippen LogP contribution >= 0.6 is 0 Å². The van der Waals surface area contributed by atoms with E-state index in [-0.39, 0.29) is 0 Å². The Morgan fingerprint density at radius 2 is 1.77 bits per heavy atom. The van der Waals surface area contributed by atoms with Gasteiger partial charge in [0.1, 0.15) is 23.1 Å². The number of nitrogens with one attached hydrogen (secondary N) is 2. The van der Waals surface area contributed by atoms with E-state index in [1.807, 2.05) is 54.6 Å². The van der Waals surface area contributed by atoms with Crippen molar-refractivity contribution in [2.45, 2.75) is 12.5 Å². The van der Waals surface area contributed by atoms with Crippen molar-refractivity contribution in [1.29, 1.82) is 0 Å². The summed E-state index contributed by atoms with van der Waals surface area (Å²) in [5.41, 5.74) is 6.87. The summed E-state index contributed by atoms with van der Waals surface area (Å²) in [6.07, 6.45) is 1.07. The van der Waals surface area contributed by atoms with Gasteiger partial charge in [-0.05, 0) is 49.4 Å². The minimum Gasteiger partial charge on any atom is -0.457 e. The van der Waals surface area contributed by atoms with Crippen LogP contribution in [0.1, 0.15) is 6.42 Å². The molecule has 1 aromatic heterocycles. The molecule has 6 heteroatoms. The van der Waals surface area contributed by atoms with Crippen LogP contribution in [0.15, 0.2) is 60.7 Å². The fourth-order valence-corrected chi connectivity index (χ4v) is 2.95. The molecule has 4 rings (SSSR count). The Bertz CT molecular complexity index is 861. The average molecular weight is 347 g/mol. The summed E-state index contributed by atoms with van der Waals surface area (Å²) in [5.74, 6) is 3.37. The van der Waals surface area contributed by atoms with Gasteiger partial charge in [0.05, 0.1) is 0 Å². The molecule has 26 heavy (non-hydrogen) atoms. The molecule has 0 spiro atoms. The summed E-state index contributed by atoms with van der Waals surface area (Å²) in [6.45, 7) is 1.96. The number of hydrogen-bond donors (Lipinski definition) is 3. The summed E-state index contributed by atoms with van der Waals surface area (Å²) < 4.78 is 5.82. The highest BCUT2D eigenvalue weighted by Gasteiger charge is 2.15. The minimum atomic E-state index is 0.374. The molecule has 1 aliphatic rings. The van der Waals surface area contributed by atoms with E-state index in [0.717, 1.165) is 42.4 Å². The number of nitrogen functional groups attached to an aromatic ring is 1. The molecule has 1 atom stereocenters. The molecule has 0 radical (unpaired) electrons. The maximum Gasteiger partial charge on any atom is 0.163 e.